The van der Waals surface area contributed by atoms with E-state index in [9.17, 15) is 9.00 Å². The fourth-order valence-electron chi connectivity index (χ4n) is 2.22. The van der Waals surface area contributed by atoms with Gasteiger partial charge < -0.3 is 15.4 Å². The number of nitrogens with one attached hydrogen (secondary N) is 2. The number of carbonyl (C=O) groups excluding carboxylic acids is 1. The van der Waals surface area contributed by atoms with Gasteiger partial charge in [0.2, 0.25) is 0 Å². The van der Waals surface area contributed by atoms with Crippen LogP contribution in [0.3, 0.4) is 0 Å². The van der Waals surface area contributed by atoms with Crippen molar-refractivity contribution >= 4 is 16.9 Å². The minimum atomic E-state index is -0.792. The van der Waals surface area contributed by atoms with Gasteiger partial charge in [0, 0.05) is 40.9 Å². The van der Waals surface area contributed by atoms with E-state index in [1.54, 1.807) is 6.26 Å². The highest BCUT2D eigenvalue weighted by molar-refractivity contribution is 7.84. The normalized spacial score (nSPS) is 26.1. The summed E-state index contributed by atoms with van der Waals surface area (Å²) in [5.74, 6) is 0. The lowest BCUT2D eigenvalue weighted by atomic mass is 10.2. The first kappa shape index (κ1) is 17.4. The lowest BCUT2D eigenvalue weighted by Crippen LogP contribution is -2.39. The Hall–Kier alpha value is -0.620. The largest absolute Gasteiger partial charge is 0.444 e. The molecule has 5 nitrogen and oxygen atoms in total. The molecule has 0 aromatic heterocycles. The second-order valence-electron chi connectivity index (χ2n) is 6.57. The van der Waals surface area contributed by atoms with Gasteiger partial charge in [0.1, 0.15) is 5.60 Å². The van der Waals surface area contributed by atoms with Crippen LogP contribution in [0.1, 0.15) is 47.0 Å². The molecule has 0 aromatic rings. The van der Waals surface area contributed by atoms with Gasteiger partial charge in [0.15, 0.2) is 0 Å². The molecule has 1 rings (SSSR count). The van der Waals surface area contributed by atoms with Crippen molar-refractivity contribution in [1.82, 2.24) is 10.6 Å². The van der Waals surface area contributed by atoms with Crippen LogP contribution in [0.2, 0.25) is 0 Å². The summed E-state index contributed by atoms with van der Waals surface area (Å²) in [6, 6.07) is 0.561. The van der Waals surface area contributed by atoms with E-state index < -0.39 is 16.4 Å². The average molecular weight is 304 g/mol. The Bertz CT molecular complexity index is 355. The number of hydrogen-bond donors (Lipinski definition) is 2. The van der Waals surface area contributed by atoms with Crippen LogP contribution in [0.5, 0.6) is 0 Å². The number of hydrogen-bond acceptors (Lipinski definition) is 4. The molecule has 118 valence electrons. The smallest absolute Gasteiger partial charge is 0.407 e. The van der Waals surface area contributed by atoms with E-state index in [-0.39, 0.29) is 17.4 Å². The van der Waals surface area contributed by atoms with Gasteiger partial charge in [-0.1, -0.05) is 0 Å². The van der Waals surface area contributed by atoms with Crippen LogP contribution >= 0.6 is 0 Å². The first-order valence-corrected chi connectivity index (χ1v) is 8.84. The topological polar surface area (TPSA) is 67.4 Å². The zero-order valence-corrected chi connectivity index (χ0v) is 14.0. The van der Waals surface area contributed by atoms with Gasteiger partial charge in [-0.2, -0.15) is 0 Å². The number of alkyl carbamates (subject to hydrolysis) is 1. The third kappa shape index (κ3) is 6.70. The molecular formula is C14H28N2O3S. The van der Waals surface area contributed by atoms with Crippen molar-refractivity contribution in [2.75, 3.05) is 12.8 Å². The van der Waals surface area contributed by atoms with Gasteiger partial charge in [-0.15, -0.1) is 0 Å². The molecular weight excluding hydrogens is 276 g/mol. The predicted molar refractivity (Wildman–Crippen MR) is 82.3 cm³/mol. The number of carbonyl (C=O) groups is 1. The van der Waals surface area contributed by atoms with Crippen LogP contribution in [-0.2, 0) is 15.5 Å². The number of ether oxygens (including phenoxy) is 1. The van der Waals surface area contributed by atoms with Gasteiger partial charge in [-0.05, 0) is 47.0 Å². The molecule has 0 spiro atoms. The lowest BCUT2D eigenvalue weighted by molar-refractivity contribution is 0.0505. The number of rotatable bonds is 5. The molecule has 1 amide bonds. The van der Waals surface area contributed by atoms with Gasteiger partial charge in [-0.25, -0.2) is 4.79 Å². The summed E-state index contributed by atoms with van der Waals surface area (Å²) in [7, 11) is -0.792. The van der Waals surface area contributed by atoms with Crippen LogP contribution in [0.15, 0.2) is 0 Å². The summed E-state index contributed by atoms with van der Waals surface area (Å²) in [5.41, 5.74) is -0.457. The molecule has 0 bridgehead atoms. The second kappa shape index (κ2) is 7.41. The van der Waals surface area contributed by atoms with Crippen LogP contribution in [0.4, 0.5) is 4.79 Å². The highest BCUT2D eigenvalue weighted by atomic mass is 32.2. The standard InChI is InChI=1S/C14H28N2O3S/c1-10(20(5)18)9-15-11-6-7-12(8-11)16-13(17)19-14(2,3)4/h10-12,15H,6-9H2,1-5H3,(H,16,17). The minimum absolute atomic E-state index is 0.160. The molecule has 1 fully saturated rings. The Labute approximate surface area is 124 Å². The maximum Gasteiger partial charge on any atom is 0.407 e. The van der Waals surface area contributed by atoms with Gasteiger partial charge in [0.05, 0.1) is 0 Å². The zero-order valence-electron chi connectivity index (χ0n) is 13.2. The van der Waals surface area contributed by atoms with Crippen molar-refractivity contribution < 1.29 is 13.7 Å². The fourth-order valence-corrected chi connectivity index (χ4v) is 2.55. The average Bonchev–Trinajstić information content (AvgIpc) is 2.70. The molecule has 1 aliphatic carbocycles. The van der Waals surface area contributed by atoms with Crippen molar-refractivity contribution in [2.45, 2.75) is 69.9 Å². The van der Waals surface area contributed by atoms with Crippen molar-refractivity contribution in [3.63, 3.8) is 0 Å². The molecule has 0 saturated heterocycles. The molecule has 1 saturated carbocycles. The van der Waals surface area contributed by atoms with Gasteiger partial charge in [0.25, 0.3) is 0 Å². The molecule has 2 N–H and O–H groups in total. The van der Waals surface area contributed by atoms with E-state index in [0.29, 0.717) is 6.04 Å². The third-order valence-electron chi connectivity index (χ3n) is 3.41. The van der Waals surface area contributed by atoms with E-state index in [1.165, 1.54) is 0 Å². The maximum atomic E-state index is 11.7. The first-order chi connectivity index (χ1) is 9.17. The summed E-state index contributed by atoms with van der Waals surface area (Å²) in [6.45, 7) is 8.31. The summed E-state index contributed by atoms with van der Waals surface area (Å²) in [6.07, 6.45) is 4.28. The minimum Gasteiger partial charge on any atom is -0.444 e. The Kier molecular flexibility index (Phi) is 6.45. The van der Waals surface area contributed by atoms with E-state index in [1.807, 2.05) is 27.7 Å². The lowest BCUT2D eigenvalue weighted by Gasteiger charge is -2.22. The quantitative estimate of drug-likeness (QED) is 0.812. The summed E-state index contributed by atoms with van der Waals surface area (Å²) >= 11 is 0. The van der Waals surface area contributed by atoms with Crippen molar-refractivity contribution in [1.29, 1.82) is 0 Å². The van der Waals surface area contributed by atoms with E-state index in [4.69, 9.17) is 4.74 Å². The monoisotopic (exact) mass is 304 g/mol. The fraction of sp³-hybridized carbons (Fsp3) is 0.929. The van der Waals surface area contributed by atoms with E-state index >= 15 is 0 Å². The third-order valence-corrected chi connectivity index (χ3v) is 4.71. The molecule has 1 aliphatic rings. The molecule has 0 heterocycles. The Morgan fingerprint density at radius 2 is 1.95 bits per heavy atom. The van der Waals surface area contributed by atoms with Crippen LogP contribution < -0.4 is 10.6 Å². The molecule has 0 aromatic carbocycles. The maximum absolute atomic E-state index is 11.7. The van der Waals surface area contributed by atoms with Gasteiger partial charge >= 0.3 is 6.09 Å². The highest BCUT2D eigenvalue weighted by Gasteiger charge is 2.27. The van der Waals surface area contributed by atoms with Gasteiger partial charge in [-0.3, -0.25) is 4.21 Å². The first-order valence-electron chi connectivity index (χ1n) is 7.22. The number of amides is 1. The molecule has 20 heavy (non-hydrogen) atoms. The van der Waals surface area contributed by atoms with E-state index in [2.05, 4.69) is 10.6 Å². The van der Waals surface area contributed by atoms with E-state index in [0.717, 1.165) is 25.8 Å². The Balaban J connectivity index is 2.26. The van der Waals surface area contributed by atoms with Crippen molar-refractivity contribution in [3.05, 3.63) is 0 Å². The molecule has 6 heteroatoms. The molecule has 4 atom stereocenters. The second-order valence-corrected chi connectivity index (χ2v) is 8.37. The van der Waals surface area contributed by atoms with Crippen LogP contribution in [0, 0.1) is 0 Å². The Morgan fingerprint density at radius 1 is 1.35 bits per heavy atom. The van der Waals surface area contributed by atoms with Crippen LogP contribution in [-0.4, -0.2) is 46.0 Å². The predicted octanol–water partition coefficient (Wildman–Crippen LogP) is 1.79. The summed E-state index contributed by atoms with van der Waals surface area (Å²) in [5, 5.41) is 6.50. The van der Waals surface area contributed by atoms with Crippen molar-refractivity contribution in [3.8, 4) is 0 Å². The highest BCUT2D eigenvalue weighted by Crippen LogP contribution is 2.20. The molecule has 4 unspecified atom stereocenters. The Morgan fingerprint density at radius 3 is 2.50 bits per heavy atom. The molecule has 0 aliphatic heterocycles. The van der Waals surface area contributed by atoms with Crippen molar-refractivity contribution in [2.24, 2.45) is 0 Å². The van der Waals surface area contributed by atoms with Crippen LogP contribution in [0.25, 0.3) is 0 Å². The zero-order chi connectivity index (χ0) is 15.3. The molecule has 0 radical (unpaired) electrons. The summed E-state index contributed by atoms with van der Waals surface area (Å²) in [4.78, 5) is 11.7. The summed E-state index contributed by atoms with van der Waals surface area (Å²) < 4.78 is 16.5. The SMILES string of the molecule is CC(CNC1CCC(NC(=O)OC(C)(C)C)C1)S(C)=O.